The van der Waals surface area contributed by atoms with E-state index in [9.17, 15) is 0 Å². The minimum absolute atomic E-state index is 0.915. The van der Waals surface area contributed by atoms with Crippen LogP contribution in [0, 0.1) is 0 Å². The van der Waals surface area contributed by atoms with Crippen LogP contribution in [0.5, 0.6) is 0 Å². The molecule has 0 saturated heterocycles. The first kappa shape index (κ1) is 11.6. The first-order valence-electron chi connectivity index (χ1n) is 7.34. The summed E-state index contributed by atoms with van der Waals surface area (Å²) in [5.74, 6) is 0. The lowest BCUT2D eigenvalue weighted by Crippen LogP contribution is -1.79. The van der Waals surface area contributed by atoms with Crippen LogP contribution in [0.1, 0.15) is 0 Å². The number of hydrogen-bond donors (Lipinski definition) is 2. The molecular weight excluding hydrogens is 270 g/mol. The molecule has 2 aromatic carbocycles. The van der Waals surface area contributed by atoms with E-state index in [1.807, 2.05) is 24.3 Å². The summed E-state index contributed by atoms with van der Waals surface area (Å²) in [6.07, 6.45) is 0. The Morgan fingerprint density at radius 1 is 0.682 bits per heavy atom. The van der Waals surface area contributed by atoms with Gasteiger partial charge in [0.25, 0.3) is 0 Å². The van der Waals surface area contributed by atoms with Crippen LogP contribution < -0.4 is 0 Å². The second-order valence-corrected chi connectivity index (χ2v) is 5.54. The monoisotopic (exact) mass is 283 g/mol. The number of fused-ring (bicyclic) bond motifs is 4. The highest BCUT2D eigenvalue weighted by atomic mass is 14.9. The number of aromatic amines is 2. The third-order valence-corrected chi connectivity index (χ3v) is 4.16. The zero-order valence-electron chi connectivity index (χ0n) is 11.8. The molecular formula is C19H13N3. The number of H-pyrrole nitrogens is 2. The minimum Gasteiger partial charge on any atom is -0.339 e. The summed E-state index contributed by atoms with van der Waals surface area (Å²) in [4.78, 5) is 11.6. The van der Waals surface area contributed by atoms with E-state index in [0.29, 0.717) is 0 Å². The Labute approximate surface area is 126 Å². The molecule has 0 aliphatic carbocycles. The Balaban J connectivity index is 1.81. The first-order valence-corrected chi connectivity index (χ1v) is 7.34. The molecule has 3 aromatic heterocycles. The van der Waals surface area contributed by atoms with Gasteiger partial charge in [0.05, 0.1) is 0 Å². The van der Waals surface area contributed by atoms with E-state index in [1.165, 1.54) is 16.3 Å². The summed E-state index contributed by atoms with van der Waals surface area (Å²) in [5, 5.41) is 3.52. The van der Waals surface area contributed by atoms with Crippen molar-refractivity contribution in [3.8, 4) is 11.3 Å². The van der Waals surface area contributed by atoms with Crippen molar-refractivity contribution in [2.45, 2.75) is 0 Å². The molecule has 3 nitrogen and oxygen atoms in total. The summed E-state index contributed by atoms with van der Waals surface area (Å²) in [7, 11) is 0. The van der Waals surface area contributed by atoms with Gasteiger partial charge < -0.3 is 9.97 Å². The lowest BCUT2D eigenvalue weighted by atomic mass is 10.1. The van der Waals surface area contributed by atoms with Crippen molar-refractivity contribution in [1.29, 1.82) is 0 Å². The van der Waals surface area contributed by atoms with E-state index in [-0.39, 0.29) is 0 Å². The van der Waals surface area contributed by atoms with E-state index in [4.69, 9.17) is 4.98 Å². The van der Waals surface area contributed by atoms with Crippen molar-refractivity contribution in [2.75, 3.05) is 0 Å². The molecule has 0 atom stereocenters. The van der Waals surface area contributed by atoms with Crippen molar-refractivity contribution in [3.63, 3.8) is 0 Å². The van der Waals surface area contributed by atoms with Crippen molar-refractivity contribution in [1.82, 2.24) is 15.0 Å². The molecule has 0 aliphatic rings. The number of nitrogens with zero attached hydrogens (tertiary/aromatic N) is 1. The van der Waals surface area contributed by atoms with Crippen LogP contribution >= 0.6 is 0 Å². The zero-order chi connectivity index (χ0) is 14.5. The molecule has 0 spiro atoms. The lowest BCUT2D eigenvalue weighted by molar-refractivity contribution is 1.33. The normalized spacial score (nSPS) is 11.6. The highest BCUT2D eigenvalue weighted by molar-refractivity contribution is 6.09. The third kappa shape index (κ3) is 1.59. The summed E-state index contributed by atoms with van der Waals surface area (Å²) in [5.41, 5.74) is 5.24. The second kappa shape index (κ2) is 4.21. The van der Waals surface area contributed by atoms with E-state index in [2.05, 4.69) is 52.4 Å². The predicted molar refractivity (Wildman–Crippen MR) is 90.9 cm³/mol. The third-order valence-electron chi connectivity index (χ3n) is 4.16. The Morgan fingerprint density at radius 2 is 1.50 bits per heavy atom. The smallest absolute Gasteiger partial charge is 0.140 e. The SMILES string of the molecule is c1ccc(-c2cc3cc4c(nc3[nH]2)[nH]c2ccccc24)cc1. The highest BCUT2D eigenvalue weighted by Crippen LogP contribution is 2.29. The Bertz CT molecular complexity index is 1120. The number of hydrogen-bond acceptors (Lipinski definition) is 1. The van der Waals surface area contributed by atoms with Crippen LogP contribution in [-0.4, -0.2) is 15.0 Å². The molecule has 0 radical (unpaired) electrons. The van der Waals surface area contributed by atoms with Crippen molar-refractivity contribution < 1.29 is 0 Å². The highest BCUT2D eigenvalue weighted by Gasteiger charge is 2.09. The quantitative estimate of drug-likeness (QED) is 0.453. The molecule has 0 fully saturated rings. The van der Waals surface area contributed by atoms with E-state index in [0.717, 1.165) is 27.9 Å². The maximum atomic E-state index is 4.75. The molecule has 0 bridgehead atoms. The molecule has 3 heterocycles. The molecule has 2 N–H and O–H groups in total. The lowest BCUT2D eigenvalue weighted by Gasteiger charge is -1.94. The van der Waals surface area contributed by atoms with E-state index in [1.54, 1.807) is 0 Å². The molecule has 0 unspecified atom stereocenters. The van der Waals surface area contributed by atoms with Crippen LogP contribution in [0.25, 0.3) is 44.2 Å². The molecule has 22 heavy (non-hydrogen) atoms. The van der Waals surface area contributed by atoms with E-state index < -0.39 is 0 Å². The summed E-state index contributed by atoms with van der Waals surface area (Å²) in [6.45, 7) is 0. The Hall–Kier alpha value is -3.07. The van der Waals surface area contributed by atoms with Crippen LogP contribution in [0.2, 0.25) is 0 Å². The predicted octanol–water partition coefficient (Wildman–Crippen LogP) is 4.86. The van der Waals surface area contributed by atoms with Crippen molar-refractivity contribution in [2.24, 2.45) is 0 Å². The average Bonchev–Trinajstić information content (AvgIpc) is 3.14. The van der Waals surface area contributed by atoms with Gasteiger partial charge in [-0.25, -0.2) is 4.98 Å². The number of para-hydroxylation sites is 1. The number of benzene rings is 2. The second-order valence-electron chi connectivity index (χ2n) is 5.54. The van der Waals surface area contributed by atoms with Gasteiger partial charge in [-0.2, -0.15) is 0 Å². The summed E-state index contributed by atoms with van der Waals surface area (Å²) < 4.78 is 0. The van der Waals surface area contributed by atoms with Crippen LogP contribution in [-0.2, 0) is 0 Å². The van der Waals surface area contributed by atoms with Gasteiger partial charge in [0.2, 0.25) is 0 Å². The Kier molecular flexibility index (Phi) is 2.22. The van der Waals surface area contributed by atoms with Gasteiger partial charge in [0.1, 0.15) is 11.3 Å². The van der Waals surface area contributed by atoms with E-state index >= 15 is 0 Å². The van der Waals surface area contributed by atoms with Crippen LogP contribution in [0.4, 0.5) is 0 Å². The Morgan fingerprint density at radius 3 is 2.41 bits per heavy atom. The fraction of sp³-hybridized carbons (Fsp3) is 0. The fourth-order valence-corrected chi connectivity index (χ4v) is 3.09. The number of nitrogens with one attached hydrogen (secondary N) is 2. The number of pyridine rings is 1. The van der Waals surface area contributed by atoms with Crippen molar-refractivity contribution in [3.05, 3.63) is 66.7 Å². The summed E-state index contributed by atoms with van der Waals surface area (Å²) in [6, 6.07) is 23.0. The molecule has 5 aromatic rings. The van der Waals surface area contributed by atoms with Gasteiger partial charge in [0.15, 0.2) is 0 Å². The van der Waals surface area contributed by atoms with Crippen molar-refractivity contribution >= 4 is 33.0 Å². The molecule has 5 rings (SSSR count). The van der Waals surface area contributed by atoms with Crippen LogP contribution in [0.3, 0.4) is 0 Å². The molecule has 0 amide bonds. The maximum absolute atomic E-state index is 4.75. The topological polar surface area (TPSA) is 44.5 Å². The average molecular weight is 283 g/mol. The summed E-state index contributed by atoms with van der Waals surface area (Å²) >= 11 is 0. The van der Waals surface area contributed by atoms with Gasteiger partial charge in [-0.3, -0.25) is 0 Å². The fourth-order valence-electron chi connectivity index (χ4n) is 3.09. The van der Waals surface area contributed by atoms with Gasteiger partial charge >= 0.3 is 0 Å². The number of rotatable bonds is 1. The number of aromatic nitrogens is 3. The standard InChI is InChI=1S/C19H13N3/c1-2-6-12(7-3-1)17-11-13-10-15-14-8-4-5-9-16(14)20-19(15)22-18(13)21-17/h1-11H,(H2,20,21,22). The molecule has 3 heteroatoms. The zero-order valence-corrected chi connectivity index (χ0v) is 11.8. The van der Waals surface area contributed by atoms with Gasteiger partial charge in [-0.15, -0.1) is 0 Å². The molecule has 0 saturated carbocycles. The molecule has 0 aliphatic heterocycles. The van der Waals surface area contributed by atoms with Crippen LogP contribution in [0.15, 0.2) is 66.7 Å². The molecule has 104 valence electrons. The largest absolute Gasteiger partial charge is 0.339 e. The first-order chi connectivity index (χ1) is 10.9. The van der Waals surface area contributed by atoms with Gasteiger partial charge in [-0.1, -0.05) is 48.5 Å². The van der Waals surface area contributed by atoms with Gasteiger partial charge in [-0.05, 0) is 23.8 Å². The maximum Gasteiger partial charge on any atom is 0.140 e. The van der Waals surface area contributed by atoms with Gasteiger partial charge in [0, 0.05) is 27.4 Å². The minimum atomic E-state index is 0.915.